The average molecular weight is 263 g/mol. The van der Waals surface area contributed by atoms with Crippen LogP contribution in [0.2, 0.25) is 0 Å². The molecule has 0 spiro atoms. The quantitative estimate of drug-likeness (QED) is 0.817. The Balaban J connectivity index is 2.48. The molecule has 19 heavy (non-hydrogen) atoms. The highest BCUT2D eigenvalue weighted by atomic mass is 16.5. The summed E-state index contributed by atoms with van der Waals surface area (Å²) in [5.74, 6) is 0.0963. The summed E-state index contributed by atoms with van der Waals surface area (Å²) in [6.45, 7) is 5.82. The predicted molar refractivity (Wildman–Crippen MR) is 71.3 cm³/mol. The molecule has 1 aromatic heterocycles. The Kier molecular flexibility index (Phi) is 3.42. The van der Waals surface area contributed by atoms with Crippen LogP contribution in [0.5, 0.6) is 0 Å². The van der Waals surface area contributed by atoms with E-state index in [1.165, 1.54) is 13.3 Å². The maximum absolute atomic E-state index is 11.9. The van der Waals surface area contributed by atoms with E-state index in [2.05, 4.69) is 15.0 Å². The Morgan fingerprint density at radius 2 is 2.21 bits per heavy atom. The number of rotatable bonds is 2. The topological polar surface area (TPSA) is 71.5 Å². The molecule has 0 saturated heterocycles. The van der Waals surface area contributed by atoms with Crippen LogP contribution in [0, 0.1) is 0 Å². The Morgan fingerprint density at radius 3 is 2.79 bits per heavy atom. The Hall–Kier alpha value is -2.11. The van der Waals surface area contributed by atoms with E-state index in [9.17, 15) is 9.59 Å². The van der Waals surface area contributed by atoms with Crippen LogP contribution in [0.4, 0.5) is 11.5 Å². The summed E-state index contributed by atoms with van der Waals surface area (Å²) >= 11 is 0. The van der Waals surface area contributed by atoms with Gasteiger partial charge in [-0.05, 0) is 26.8 Å². The Labute approximate surface area is 111 Å². The number of carbonyl (C=O) groups is 2. The third-order valence-electron chi connectivity index (χ3n) is 3.14. The molecule has 0 radical (unpaired) electrons. The number of ether oxygens (including phenoxy) is 1. The van der Waals surface area contributed by atoms with Gasteiger partial charge in [0.2, 0.25) is 5.91 Å². The second kappa shape index (κ2) is 4.87. The highest BCUT2D eigenvalue weighted by molar-refractivity contribution is 6.04. The van der Waals surface area contributed by atoms with Crippen LogP contribution in [-0.2, 0) is 9.53 Å². The monoisotopic (exact) mass is 263 g/mol. The van der Waals surface area contributed by atoms with Crippen molar-refractivity contribution in [3.05, 3.63) is 17.8 Å². The second-order valence-corrected chi connectivity index (χ2v) is 4.75. The normalized spacial score (nSPS) is 18.1. The molecule has 1 aliphatic heterocycles. The lowest BCUT2D eigenvalue weighted by Crippen LogP contribution is -2.50. The summed E-state index contributed by atoms with van der Waals surface area (Å²) in [6, 6.07) is 1.44. The van der Waals surface area contributed by atoms with Gasteiger partial charge >= 0.3 is 5.97 Å². The summed E-state index contributed by atoms with van der Waals surface area (Å²) in [5, 5.41) is 2.76. The van der Waals surface area contributed by atoms with Crippen LogP contribution in [-0.4, -0.2) is 36.1 Å². The molecule has 102 valence electrons. The molecular formula is C13H17N3O3. The molecule has 2 rings (SSSR count). The Morgan fingerprint density at radius 1 is 1.53 bits per heavy atom. The molecule has 6 heteroatoms. The third kappa shape index (κ3) is 2.25. The minimum Gasteiger partial charge on any atom is -0.465 e. The second-order valence-electron chi connectivity index (χ2n) is 4.75. The lowest BCUT2D eigenvalue weighted by atomic mass is 10.1. The van der Waals surface area contributed by atoms with Crippen molar-refractivity contribution in [2.24, 2.45) is 0 Å². The molecule has 1 amide bonds. The van der Waals surface area contributed by atoms with Crippen LogP contribution in [0.1, 0.15) is 31.1 Å². The molecule has 0 unspecified atom stereocenters. The zero-order valence-electron chi connectivity index (χ0n) is 11.4. The lowest BCUT2D eigenvalue weighted by molar-refractivity contribution is -0.117. The van der Waals surface area contributed by atoms with Crippen molar-refractivity contribution in [2.75, 3.05) is 17.3 Å². The van der Waals surface area contributed by atoms with Crippen molar-refractivity contribution >= 4 is 23.4 Å². The summed E-state index contributed by atoms with van der Waals surface area (Å²) in [5.41, 5.74) is 0.861. The van der Waals surface area contributed by atoms with E-state index in [1.807, 2.05) is 25.7 Å². The molecule has 6 nitrogen and oxygen atoms in total. The molecular weight excluding hydrogens is 246 g/mol. The van der Waals surface area contributed by atoms with Gasteiger partial charge in [0.05, 0.1) is 18.4 Å². The van der Waals surface area contributed by atoms with Gasteiger partial charge in [-0.1, -0.05) is 0 Å². The van der Waals surface area contributed by atoms with Gasteiger partial charge in [-0.3, -0.25) is 4.79 Å². The predicted octanol–water partition coefficient (Wildman–Crippen LogP) is 1.42. The van der Waals surface area contributed by atoms with Gasteiger partial charge in [-0.25, -0.2) is 9.78 Å². The maximum atomic E-state index is 11.9. The number of carbonyl (C=O) groups excluding carboxylic acids is 2. The van der Waals surface area contributed by atoms with E-state index in [0.29, 0.717) is 17.1 Å². The fraction of sp³-hybridized carbons (Fsp3) is 0.462. The third-order valence-corrected chi connectivity index (χ3v) is 3.14. The summed E-state index contributed by atoms with van der Waals surface area (Å²) < 4.78 is 4.64. The van der Waals surface area contributed by atoms with Crippen LogP contribution in [0.25, 0.3) is 0 Å². The minimum atomic E-state index is -0.473. The number of aromatic nitrogens is 1. The number of pyridine rings is 1. The van der Waals surface area contributed by atoms with Gasteiger partial charge in [-0.15, -0.1) is 0 Å². The fourth-order valence-corrected chi connectivity index (χ4v) is 2.22. The summed E-state index contributed by atoms with van der Waals surface area (Å²) in [7, 11) is 1.31. The van der Waals surface area contributed by atoms with E-state index >= 15 is 0 Å². The van der Waals surface area contributed by atoms with Gasteiger partial charge in [0.25, 0.3) is 0 Å². The van der Waals surface area contributed by atoms with Gasteiger partial charge < -0.3 is 15.0 Å². The molecule has 1 aliphatic rings. The molecule has 0 bridgehead atoms. The van der Waals surface area contributed by atoms with Gasteiger partial charge in [-0.2, -0.15) is 0 Å². The number of nitrogens with zero attached hydrogens (tertiary/aromatic N) is 2. The lowest BCUT2D eigenvalue weighted by Gasteiger charge is -2.38. The fourth-order valence-electron chi connectivity index (χ4n) is 2.22. The van der Waals surface area contributed by atoms with Crippen molar-refractivity contribution in [1.29, 1.82) is 0 Å². The Bertz CT molecular complexity index is 528. The standard InChI is InChI=1S/C13H17N3O3/c1-7(2)16-8(3)12(17)15-10-5-9(13(18)19-4)6-14-11(10)16/h5-8H,1-4H3,(H,15,17)/t8-/m0/s1. The van der Waals surface area contributed by atoms with Crippen LogP contribution in [0.15, 0.2) is 12.3 Å². The molecule has 1 aromatic rings. The van der Waals surface area contributed by atoms with Crippen LogP contribution >= 0.6 is 0 Å². The van der Waals surface area contributed by atoms with Crippen molar-refractivity contribution in [2.45, 2.75) is 32.9 Å². The average Bonchev–Trinajstić information content (AvgIpc) is 2.38. The van der Waals surface area contributed by atoms with Crippen LogP contribution < -0.4 is 10.2 Å². The molecule has 0 aliphatic carbocycles. The number of fused-ring (bicyclic) bond motifs is 1. The largest absolute Gasteiger partial charge is 0.465 e. The highest BCUT2D eigenvalue weighted by Crippen LogP contribution is 2.32. The highest BCUT2D eigenvalue weighted by Gasteiger charge is 2.32. The molecule has 0 saturated carbocycles. The number of hydrogen-bond acceptors (Lipinski definition) is 5. The van der Waals surface area contributed by atoms with E-state index in [1.54, 1.807) is 6.07 Å². The number of nitrogens with one attached hydrogen (secondary N) is 1. The first kappa shape index (κ1) is 13.3. The minimum absolute atomic E-state index is 0.106. The number of esters is 1. The first-order chi connectivity index (χ1) is 8.95. The zero-order valence-corrected chi connectivity index (χ0v) is 11.4. The van der Waals surface area contributed by atoms with Crippen molar-refractivity contribution in [3.8, 4) is 0 Å². The first-order valence-electron chi connectivity index (χ1n) is 6.13. The number of anilines is 2. The van der Waals surface area contributed by atoms with E-state index < -0.39 is 5.97 Å². The molecule has 1 N–H and O–H groups in total. The van der Waals surface area contributed by atoms with E-state index in [0.717, 1.165) is 0 Å². The summed E-state index contributed by atoms with van der Waals surface area (Å²) in [6.07, 6.45) is 1.46. The van der Waals surface area contributed by atoms with E-state index in [4.69, 9.17) is 0 Å². The number of hydrogen-bond donors (Lipinski definition) is 1. The molecule has 0 aromatic carbocycles. The number of methoxy groups -OCH3 is 1. The SMILES string of the molecule is COC(=O)c1cnc2c(c1)NC(=O)[C@H](C)N2C(C)C. The van der Waals surface area contributed by atoms with Crippen molar-refractivity contribution in [3.63, 3.8) is 0 Å². The van der Waals surface area contributed by atoms with Crippen molar-refractivity contribution < 1.29 is 14.3 Å². The molecule has 0 fully saturated rings. The zero-order chi connectivity index (χ0) is 14.2. The summed E-state index contributed by atoms with van der Waals surface area (Å²) in [4.78, 5) is 29.6. The van der Waals surface area contributed by atoms with E-state index in [-0.39, 0.29) is 18.0 Å². The van der Waals surface area contributed by atoms with Crippen molar-refractivity contribution in [1.82, 2.24) is 4.98 Å². The molecule has 2 heterocycles. The van der Waals surface area contributed by atoms with Gasteiger partial charge in [0, 0.05) is 12.2 Å². The maximum Gasteiger partial charge on any atom is 0.339 e. The van der Waals surface area contributed by atoms with Gasteiger partial charge in [0.15, 0.2) is 5.82 Å². The van der Waals surface area contributed by atoms with Crippen LogP contribution in [0.3, 0.4) is 0 Å². The smallest absolute Gasteiger partial charge is 0.339 e. The molecule has 1 atom stereocenters. The number of amides is 1. The van der Waals surface area contributed by atoms with Gasteiger partial charge in [0.1, 0.15) is 6.04 Å². The first-order valence-corrected chi connectivity index (χ1v) is 6.13.